The second-order valence-corrected chi connectivity index (χ2v) is 2.58. The van der Waals surface area contributed by atoms with Crippen LogP contribution in [0.25, 0.3) is 10.9 Å². The van der Waals surface area contributed by atoms with Gasteiger partial charge in [-0.1, -0.05) is 0 Å². The van der Waals surface area contributed by atoms with Gasteiger partial charge in [0.25, 0.3) is 0 Å². The number of pyridine rings is 1. The van der Waals surface area contributed by atoms with Crippen LogP contribution in [0.3, 0.4) is 0 Å². The van der Waals surface area contributed by atoms with Crippen LogP contribution in [0.1, 0.15) is 0 Å². The predicted molar refractivity (Wildman–Crippen MR) is 44.6 cm³/mol. The third-order valence-electron chi connectivity index (χ3n) is 1.75. The minimum absolute atomic E-state index is 0.175. The molecule has 12 heavy (non-hydrogen) atoms. The molecule has 0 aliphatic rings. The number of benzene rings is 1. The fraction of sp³-hybridized carbons (Fsp3) is 0. The summed E-state index contributed by atoms with van der Waals surface area (Å²) in [4.78, 5) is 0. The Bertz CT molecular complexity index is 426. The Balaban J connectivity index is 2.86. The summed E-state index contributed by atoms with van der Waals surface area (Å²) in [6, 6.07) is 8.08. The Morgan fingerprint density at radius 3 is 2.92 bits per heavy atom. The van der Waals surface area contributed by atoms with E-state index < -0.39 is 0 Å². The Morgan fingerprint density at radius 2 is 2.08 bits per heavy atom. The lowest BCUT2D eigenvalue weighted by atomic mass is 10.2. The van der Waals surface area contributed by atoms with Crippen LogP contribution in [0.5, 0.6) is 5.75 Å². The third-order valence-corrected chi connectivity index (χ3v) is 1.75. The molecule has 0 amide bonds. The van der Waals surface area contributed by atoms with E-state index in [0.29, 0.717) is 5.52 Å². The monoisotopic (exact) mass is 161 g/mol. The van der Waals surface area contributed by atoms with Gasteiger partial charge < -0.3 is 10.3 Å². The Labute approximate surface area is 69.1 Å². The zero-order chi connectivity index (χ0) is 8.55. The van der Waals surface area contributed by atoms with Gasteiger partial charge in [-0.25, -0.2) is 0 Å². The summed E-state index contributed by atoms with van der Waals surface area (Å²) in [6.45, 7) is 0. The van der Waals surface area contributed by atoms with Crippen LogP contribution < -0.4 is 4.73 Å². The summed E-state index contributed by atoms with van der Waals surface area (Å²) in [6.07, 6.45) is 1.43. The van der Waals surface area contributed by atoms with E-state index >= 15 is 0 Å². The van der Waals surface area contributed by atoms with Gasteiger partial charge in [-0.3, -0.25) is 0 Å². The highest BCUT2D eigenvalue weighted by Gasteiger charge is 2.01. The lowest BCUT2D eigenvalue weighted by Gasteiger charge is -2.00. The van der Waals surface area contributed by atoms with Crippen molar-refractivity contribution in [2.45, 2.75) is 0 Å². The van der Waals surface area contributed by atoms with Crippen molar-refractivity contribution in [1.29, 1.82) is 0 Å². The number of aromatic hydroxyl groups is 1. The summed E-state index contributed by atoms with van der Waals surface area (Å²) in [5.41, 5.74) is 0.565. The molecular weight excluding hydrogens is 154 g/mol. The molecule has 1 aromatic carbocycles. The number of hydrogen-bond donors (Lipinski definition) is 1. The Morgan fingerprint density at radius 1 is 1.25 bits per heavy atom. The summed E-state index contributed by atoms with van der Waals surface area (Å²) in [5, 5.41) is 21.0. The van der Waals surface area contributed by atoms with Gasteiger partial charge in [0.1, 0.15) is 5.75 Å². The van der Waals surface area contributed by atoms with Gasteiger partial charge in [0, 0.05) is 12.1 Å². The first-order valence-corrected chi connectivity index (χ1v) is 3.58. The van der Waals surface area contributed by atoms with Crippen molar-refractivity contribution in [2.24, 2.45) is 0 Å². The van der Waals surface area contributed by atoms with Crippen LogP contribution >= 0.6 is 0 Å². The van der Waals surface area contributed by atoms with Crippen LogP contribution in [-0.4, -0.2) is 5.11 Å². The lowest BCUT2D eigenvalue weighted by Crippen LogP contribution is -2.25. The molecule has 3 heteroatoms. The van der Waals surface area contributed by atoms with Gasteiger partial charge in [0.2, 0.25) is 5.52 Å². The zero-order valence-electron chi connectivity index (χ0n) is 6.27. The standard InChI is InChI=1S/C9H7NO2/c11-8-3-4-9-7(6-8)2-1-5-10(9)12/h1-6,11H. The van der Waals surface area contributed by atoms with Crippen LogP contribution in [0, 0.1) is 5.21 Å². The Hall–Kier alpha value is -1.77. The molecule has 0 fully saturated rings. The zero-order valence-corrected chi connectivity index (χ0v) is 6.27. The van der Waals surface area contributed by atoms with E-state index in [9.17, 15) is 5.21 Å². The summed E-state index contributed by atoms with van der Waals surface area (Å²) < 4.78 is 0.773. The SMILES string of the molecule is [O-][n+]1cccc2cc(O)ccc21. The quantitative estimate of drug-likeness (QED) is 0.466. The van der Waals surface area contributed by atoms with E-state index in [-0.39, 0.29) is 5.75 Å². The molecule has 0 unspecified atom stereocenters. The van der Waals surface area contributed by atoms with Gasteiger partial charge >= 0.3 is 0 Å². The maximum atomic E-state index is 11.1. The highest BCUT2D eigenvalue weighted by molar-refractivity contribution is 5.76. The number of rotatable bonds is 0. The van der Waals surface area contributed by atoms with Gasteiger partial charge in [-0.2, -0.15) is 4.73 Å². The molecule has 60 valence electrons. The van der Waals surface area contributed by atoms with Crippen LogP contribution in [0.4, 0.5) is 0 Å². The first-order valence-electron chi connectivity index (χ1n) is 3.58. The van der Waals surface area contributed by atoms with E-state index in [1.165, 1.54) is 12.3 Å². The van der Waals surface area contributed by atoms with E-state index in [2.05, 4.69) is 0 Å². The molecule has 0 saturated carbocycles. The van der Waals surface area contributed by atoms with Crippen molar-refractivity contribution < 1.29 is 9.84 Å². The van der Waals surface area contributed by atoms with Crippen molar-refractivity contribution in [1.82, 2.24) is 0 Å². The maximum absolute atomic E-state index is 11.1. The van der Waals surface area contributed by atoms with Crippen molar-refractivity contribution in [3.8, 4) is 5.75 Å². The number of phenols is 1. The molecule has 0 spiro atoms. The molecule has 0 aliphatic heterocycles. The topological polar surface area (TPSA) is 47.2 Å². The highest BCUT2D eigenvalue weighted by atomic mass is 16.5. The third kappa shape index (κ3) is 0.955. The number of aromatic nitrogens is 1. The smallest absolute Gasteiger partial charge is 0.223 e. The average molecular weight is 161 g/mol. The lowest BCUT2D eigenvalue weighted by molar-refractivity contribution is -0.577. The molecule has 0 saturated heterocycles. The number of fused-ring (bicyclic) bond motifs is 1. The minimum atomic E-state index is 0.175. The molecule has 2 rings (SSSR count). The summed E-state index contributed by atoms with van der Waals surface area (Å²) in [7, 11) is 0. The second kappa shape index (κ2) is 2.37. The molecular formula is C9H7NO2. The number of phenolic OH excluding ortho intramolecular Hbond substituents is 1. The van der Waals surface area contributed by atoms with E-state index in [1.54, 1.807) is 24.3 Å². The molecule has 0 atom stereocenters. The highest BCUT2D eigenvalue weighted by Crippen LogP contribution is 2.15. The molecule has 3 nitrogen and oxygen atoms in total. The summed E-state index contributed by atoms with van der Waals surface area (Å²) >= 11 is 0. The van der Waals surface area contributed by atoms with Gasteiger partial charge in [0.15, 0.2) is 6.20 Å². The predicted octanol–water partition coefficient (Wildman–Crippen LogP) is 1.18. The molecule has 2 aromatic rings. The largest absolute Gasteiger partial charge is 0.618 e. The van der Waals surface area contributed by atoms with Crippen molar-refractivity contribution >= 4 is 10.9 Å². The fourth-order valence-corrected chi connectivity index (χ4v) is 1.18. The van der Waals surface area contributed by atoms with Gasteiger partial charge in [-0.05, 0) is 18.2 Å². The number of hydrogen-bond acceptors (Lipinski definition) is 2. The molecule has 0 aliphatic carbocycles. The van der Waals surface area contributed by atoms with Gasteiger partial charge in [-0.15, -0.1) is 0 Å². The minimum Gasteiger partial charge on any atom is -0.618 e. The fourth-order valence-electron chi connectivity index (χ4n) is 1.18. The van der Waals surface area contributed by atoms with Crippen molar-refractivity contribution in [2.75, 3.05) is 0 Å². The number of nitrogens with zero attached hydrogens (tertiary/aromatic N) is 1. The molecule has 0 radical (unpaired) electrons. The first kappa shape index (κ1) is 6.91. The van der Waals surface area contributed by atoms with E-state index in [0.717, 1.165) is 10.1 Å². The normalized spacial score (nSPS) is 10.3. The maximum Gasteiger partial charge on any atom is 0.223 e. The van der Waals surface area contributed by atoms with Crippen LogP contribution in [-0.2, 0) is 0 Å². The average Bonchev–Trinajstić information content (AvgIpc) is 2.04. The second-order valence-electron chi connectivity index (χ2n) is 2.58. The molecule has 1 heterocycles. The van der Waals surface area contributed by atoms with E-state index in [1.807, 2.05) is 0 Å². The first-order chi connectivity index (χ1) is 5.77. The molecule has 0 bridgehead atoms. The Kier molecular flexibility index (Phi) is 1.37. The summed E-state index contributed by atoms with van der Waals surface area (Å²) in [5.74, 6) is 0.175. The van der Waals surface area contributed by atoms with Gasteiger partial charge in [0.05, 0.1) is 5.39 Å². The van der Waals surface area contributed by atoms with E-state index in [4.69, 9.17) is 5.11 Å². The molecule has 1 aromatic heterocycles. The van der Waals surface area contributed by atoms with Crippen molar-refractivity contribution in [3.05, 3.63) is 41.7 Å². The van der Waals surface area contributed by atoms with Crippen LogP contribution in [0.2, 0.25) is 0 Å². The molecule has 1 N–H and O–H groups in total. The van der Waals surface area contributed by atoms with Crippen LogP contribution in [0.15, 0.2) is 36.5 Å². The van der Waals surface area contributed by atoms with Crippen molar-refractivity contribution in [3.63, 3.8) is 0 Å².